The van der Waals surface area contributed by atoms with Gasteiger partial charge in [-0.3, -0.25) is 4.79 Å². The van der Waals surface area contributed by atoms with E-state index in [4.69, 9.17) is 20.8 Å². The van der Waals surface area contributed by atoms with Crippen molar-refractivity contribution in [1.29, 1.82) is 0 Å². The first-order chi connectivity index (χ1) is 11.0. The highest BCUT2D eigenvalue weighted by Crippen LogP contribution is 2.32. The van der Waals surface area contributed by atoms with Gasteiger partial charge in [0.2, 0.25) is 11.2 Å². The van der Waals surface area contributed by atoms with Gasteiger partial charge in [0, 0.05) is 10.6 Å². The number of ether oxygens (including phenoxy) is 1. The van der Waals surface area contributed by atoms with Gasteiger partial charge in [-0.15, -0.1) is 0 Å². The van der Waals surface area contributed by atoms with Crippen molar-refractivity contribution in [3.8, 4) is 17.1 Å². The van der Waals surface area contributed by atoms with Gasteiger partial charge in [0.25, 0.3) is 0 Å². The molecule has 0 unspecified atom stereocenters. The number of fused-ring (bicyclic) bond motifs is 1. The average Bonchev–Trinajstić information content (AvgIpc) is 2.53. The number of benzene rings is 2. The number of hydrogen-bond acceptors (Lipinski definition) is 3. The molecule has 0 radical (unpaired) electrons. The minimum absolute atomic E-state index is 0.203. The van der Waals surface area contributed by atoms with Crippen molar-refractivity contribution < 1.29 is 9.15 Å². The Bertz CT molecular complexity index is 924. The smallest absolute Gasteiger partial charge is 0.235 e. The maximum Gasteiger partial charge on any atom is 0.235 e. The number of hydrogen-bond donors (Lipinski definition) is 0. The van der Waals surface area contributed by atoms with Crippen LogP contribution in [0.15, 0.2) is 45.6 Å². The fourth-order valence-corrected chi connectivity index (χ4v) is 2.63. The minimum Gasteiger partial charge on any atom is -0.487 e. The summed E-state index contributed by atoms with van der Waals surface area (Å²) >= 11 is 6.14. The molecule has 0 amide bonds. The normalized spacial score (nSPS) is 11.0. The second kappa shape index (κ2) is 6.09. The maximum absolute atomic E-state index is 12.8. The summed E-state index contributed by atoms with van der Waals surface area (Å²) < 4.78 is 11.6. The van der Waals surface area contributed by atoms with Crippen molar-refractivity contribution in [1.82, 2.24) is 0 Å². The molecule has 0 bridgehead atoms. The molecule has 0 N–H and O–H groups in total. The fraction of sp³-hybridized carbons (Fsp3) is 0.211. The van der Waals surface area contributed by atoms with Crippen LogP contribution in [0.25, 0.3) is 22.3 Å². The van der Waals surface area contributed by atoms with E-state index >= 15 is 0 Å². The van der Waals surface area contributed by atoms with Crippen LogP contribution >= 0.6 is 11.6 Å². The summed E-state index contributed by atoms with van der Waals surface area (Å²) in [6, 6.07) is 11.2. The summed E-state index contributed by atoms with van der Waals surface area (Å²) in [5.41, 5.74) is 3.12. The van der Waals surface area contributed by atoms with Crippen molar-refractivity contribution in [2.45, 2.75) is 20.8 Å². The second-order valence-electron chi connectivity index (χ2n) is 5.49. The number of halogens is 1. The Balaban J connectivity index is 2.35. The van der Waals surface area contributed by atoms with Crippen LogP contribution in [0.2, 0.25) is 5.02 Å². The summed E-state index contributed by atoms with van der Waals surface area (Å²) in [5, 5.41) is 0.968. The molecule has 23 heavy (non-hydrogen) atoms. The van der Waals surface area contributed by atoms with Crippen molar-refractivity contribution in [3.63, 3.8) is 0 Å². The molecule has 0 aliphatic carbocycles. The molecule has 0 atom stereocenters. The highest BCUT2D eigenvalue weighted by atomic mass is 35.5. The summed E-state index contributed by atoms with van der Waals surface area (Å²) in [6.07, 6.45) is 0. The molecule has 0 aliphatic rings. The zero-order valence-corrected chi connectivity index (χ0v) is 14.0. The van der Waals surface area contributed by atoms with Gasteiger partial charge in [-0.1, -0.05) is 41.4 Å². The Labute approximate surface area is 139 Å². The topological polar surface area (TPSA) is 39.4 Å². The first kappa shape index (κ1) is 15.6. The van der Waals surface area contributed by atoms with E-state index in [-0.39, 0.29) is 11.2 Å². The van der Waals surface area contributed by atoms with E-state index in [1.54, 1.807) is 12.1 Å². The predicted octanol–water partition coefficient (Wildman–Crippen LogP) is 5.13. The lowest BCUT2D eigenvalue weighted by Crippen LogP contribution is -2.10. The molecule has 0 saturated heterocycles. The summed E-state index contributed by atoms with van der Waals surface area (Å²) in [6.45, 7) is 6.11. The molecule has 0 aliphatic heterocycles. The third-order valence-corrected chi connectivity index (χ3v) is 4.14. The van der Waals surface area contributed by atoms with Crippen LogP contribution in [0, 0.1) is 13.8 Å². The first-order valence-electron chi connectivity index (χ1n) is 7.48. The highest BCUT2D eigenvalue weighted by molar-refractivity contribution is 6.32. The summed E-state index contributed by atoms with van der Waals surface area (Å²) in [4.78, 5) is 12.8. The van der Waals surface area contributed by atoms with Crippen LogP contribution in [0.4, 0.5) is 0 Å². The number of aryl methyl sites for hydroxylation is 2. The maximum atomic E-state index is 12.8. The van der Waals surface area contributed by atoms with Crippen LogP contribution in [0.3, 0.4) is 0 Å². The van der Waals surface area contributed by atoms with E-state index in [9.17, 15) is 4.79 Å². The molecule has 2 aromatic carbocycles. The second-order valence-corrected chi connectivity index (χ2v) is 5.89. The highest BCUT2D eigenvalue weighted by Gasteiger charge is 2.18. The van der Waals surface area contributed by atoms with E-state index in [0.29, 0.717) is 28.4 Å². The molecule has 0 fully saturated rings. The third kappa shape index (κ3) is 2.84. The minimum atomic E-state index is -0.203. The van der Waals surface area contributed by atoms with Gasteiger partial charge in [-0.2, -0.15) is 0 Å². The quantitative estimate of drug-likeness (QED) is 0.669. The Morgan fingerprint density at radius 2 is 1.83 bits per heavy atom. The van der Waals surface area contributed by atoms with Crippen molar-refractivity contribution in [2.75, 3.05) is 6.61 Å². The average molecular weight is 329 g/mol. The standard InChI is InChI=1S/C19H17ClO3/c1-4-22-19-17(21)14-10-15(20)12(3)9-16(14)23-18(19)13-7-5-11(2)6-8-13/h5-10H,4H2,1-3H3. The van der Waals surface area contributed by atoms with E-state index < -0.39 is 0 Å². The zero-order valence-electron chi connectivity index (χ0n) is 13.3. The van der Waals surface area contributed by atoms with Crippen molar-refractivity contribution in [2.24, 2.45) is 0 Å². The third-order valence-electron chi connectivity index (χ3n) is 3.73. The van der Waals surface area contributed by atoms with Crippen LogP contribution in [0.1, 0.15) is 18.1 Å². The molecule has 0 saturated carbocycles. The lowest BCUT2D eigenvalue weighted by atomic mass is 10.1. The molecular weight excluding hydrogens is 312 g/mol. The van der Waals surface area contributed by atoms with E-state index in [0.717, 1.165) is 16.7 Å². The lowest BCUT2D eigenvalue weighted by molar-refractivity contribution is 0.330. The molecule has 4 heteroatoms. The van der Waals surface area contributed by atoms with Crippen LogP contribution in [0.5, 0.6) is 5.75 Å². The van der Waals surface area contributed by atoms with E-state index in [2.05, 4.69) is 0 Å². The van der Waals surface area contributed by atoms with Gasteiger partial charge >= 0.3 is 0 Å². The fourth-order valence-electron chi connectivity index (χ4n) is 2.47. The van der Waals surface area contributed by atoms with Gasteiger partial charge in [0.15, 0.2) is 5.76 Å². The van der Waals surface area contributed by atoms with Gasteiger partial charge in [-0.25, -0.2) is 0 Å². The largest absolute Gasteiger partial charge is 0.487 e. The Hall–Kier alpha value is -2.26. The zero-order chi connectivity index (χ0) is 16.6. The Morgan fingerprint density at radius 1 is 1.13 bits per heavy atom. The Morgan fingerprint density at radius 3 is 2.48 bits per heavy atom. The number of rotatable bonds is 3. The lowest BCUT2D eigenvalue weighted by Gasteiger charge is -2.11. The summed E-state index contributed by atoms with van der Waals surface area (Å²) in [7, 11) is 0. The van der Waals surface area contributed by atoms with Gasteiger partial charge < -0.3 is 9.15 Å². The van der Waals surface area contributed by atoms with Crippen LogP contribution in [-0.2, 0) is 0 Å². The molecular formula is C19H17ClO3. The SMILES string of the molecule is CCOc1c(-c2ccc(C)cc2)oc2cc(C)c(Cl)cc2c1=O. The molecule has 1 aromatic heterocycles. The van der Waals surface area contributed by atoms with Gasteiger partial charge in [0.05, 0.1) is 12.0 Å². The molecule has 1 heterocycles. The van der Waals surface area contributed by atoms with Gasteiger partial charge in [-0.05, 0) is 38.5 Å². The van der Waals surface area contributed by atoms with Crippen LogP contribution < -0.4 is 10.2 Å². The van der Waals surface area contributed by atoms with E-state index in [1.165, 1.54) is 0 Å². The predicted molar refractivity (Wildman–Crippen MR) is 93.6 cm³/mol. The first-order valence-corrected chi connectivity index (χ1v) is 7.86. The molecule has 3 aromatic rings. The van der Waals surface area contributed by atoms with E-state index in [1.807, 2.05) is 45.0 Å². The van der Waals surface area contributed by atoms with Crippen molar-refractivity contribution in [3.05, 3.63) is 62.8 Å². The van der Waals surface area contributed by atoms with Gasteiger partial charge in [0.1, 0.15) is 5.58 Å². The molecule has 3 rings (SSSR count). The van der Waals surface area contributed by atoms with Crippen molar-refractivity contribution >= 4 is 22.6 Å². The summed E-state index contributed by atoms with van der Waals surface area (Å²) in [5.74, 6) is 0.676. The Kier molecular flexibility index (Phi) is 4.14. The molecule has 0 spiro atoms. The van der Waals surface area contributed by atoms with Crippen LogP contribution in [-0.4, -0.2) is 6.61 Å². The molecule has 118 valence electrons. The monoisotopic (exact) mass is 328 g/mol. The molecule has 3 nitrogen and oxygen atoms in total.